The molecule has 0 aromatic heterocycles. The van der Waals surface area contributed by atoms with E-state index in [-0.39, 0.29) is 30.3 Å². The summed E-state index contributed by atoms with van der Waals surface area (Å²) in [5.41, 5.74) is 1.94. The van der Waals surface area contributed by atoms with Crippen LogP contribution in [0.4, 0.5) is 11.4 Å². The molecule has 2 heterocycles. The maximum atomic E-state index is 12.3. The smallest absolute Gasteiger partial charge is 0.239 e. The van der Waals surface area contributed by atoms with Crippen molar-refractivity contribution in [3.63, 3.8) is 0 Å². The number of amides is 2. The van der Waals surface area contributed by atoms with Gasteiger partial charge in [0, 0.05) is 43.5 Å². The van der Waals surface area contributed by atoms with Gasteiger partial charge in [-0.05, 0) is 38.0 Å². The third-order valence-corrected chi connectivity index (χ3v) is 4.72. The minimum Gasteiger partial charge on any atom is -0.378 e. The average Bonchev–Trinajstić information content (AvgIpc) is 3.17. The highest BCUT2D eigenvalue weighted by atomic mass is 16.5. The van der Waals surface area contributed by atoms with Crippen molar-refractivity contribution in [2.75, 3.05) is 43.1 Å². The second-order valence-corrected chi connectivity index (χ2v) is 6.99. The number of carbonyl (C=O) groups is 2. The molecular formula is C19H28N4O3. The van der Waals surface area contributed by atoms with Crippen molar-refractivity contribution in [3.8, 4) is 0 Å². The van der Waals surface area contributed by atoms with Crippen molar-refractivity contribution in [1.29, 1.82) is 0 Å². The number of hydrogen-bond acceptors (Lipinski definition) is 5. The summed E-state index contributed by atoms with van der Waals surface area (Å²) in [6.07, 6.45) is 2.66. The lowest BCUT2D eigenvalue weighted by Crippen LogP contribution is -2.53. The molecule has 0 spiro atoms. The minimum absolute atomic E-state index is 0.107. The van der Waals surface area contributed by atoms with E-state index in [2.05, 4.69) is 26.9 Å². The highest BCUT2D eigenvalue weighted by Crippen LogP contribution is 2.23. The van der Waals surface area contributed by atoms with Gasteiger partial charge in [0.2, 0.25) is 11.8 Å². The van der Waals surface area contributed by atoms with Crippen LogP contribution in [0.15, 0.2) is 24.3 Å². The molecule has 142 valence electrons. The Morgan fingerprint density at radius 2 is 2.15 bits per heavy atom. The SMILES string of the molecule is CC(CC(=O)Nc1cccc(N2CCCC2)c1)NC(=O)C1COCCN1. The van der Waals surface area contributed by atoms with E-state index in [1.807, 2.05) is 25.1 Å². The van der Waals surface area contributed by atoms with Gasteiger partial charge >= 0.3 is 0 Å². The molecule has 1 aromatic carbocycles. The van der Waals surface area contributed by atoms with Crippen molar-refractivity contribution >= 4 is 23.2 Å². The number of benzene rings is 1. The zero-order valence-corrected chi connectivity index (χ0v) is 15.3. The average molecular weight is 360 g/mol. The molecule has 3 rings (SSSR count). The zero-order valence-electron chi connectivity index (χ0n) is 15.3. The largest absolute Gasteiger partial charge is 0.378 e. The van der Waals surface area contributed by atoms with Gasteiger partial charge < -0.3 is 25.6 Å². The number of hydrogen-bond donors (Lipinski definition) is 3. The predicted octanol–water partition coefficient (Wildman–Crippen LogP) is 1.11. The quantitative estimate of drug-likeness (QED) is 0.708. The molecule has 3 N–H and O–H groups in total. The Morgan fingerprint density at radius 3 is 2.88 bits per heavy atom. The second-order valence-electron chi connectivity index (χ2n) is 6.99. The van der Waals surface area contributed by atoms with Gasteiger partial charge in [-0.25, -0.2) is 0 Å². The number of nitrogens with zero attached hydrogens (tertiary/aromatic N) is 1. The molecule has 2 saturated heterocycles. The van der Waals surface area contributed by atoms with Gasteiger partial charge in [0.1, 0.15) is 6.04 Å². The van der Waals surface area contributed by atoms with Crippen LogP contribution in [0.1, 0.15) is 26.2 Å². The lowest BCUT2D eigenvalue weighted by Gasteiger charge is -2.24. The first-order valence-electron chi connectivity index (χ1n) is 9.38. The number of rotatable bonds is 6. The summed E-state index contributed by atoms with van der Waals surface area (Å²) in [7, 11) is 0. The minimum atomic E-state index is -0.341. The van der Waals surface area contributed by atoms with E-state index in [4.69, 9.17) is 4.74 Å². The van der Waals surface area contributed by atoms with Gasteiger partial charge in [-0.1, -0.05) is 6.07 Å². The Hall–Kier alpha value is -2.12. The summed E-state index contributed by atoms with van der Waals surface area (Å²) in [5, 5.41) is 8.91. The van der Waals surface area contributed by atoms with Gasteiger partial charge in [-0.2, -0.15) is 0 Å². The molecule has 26 heavy (non-hydrogen) atoms. The van der Waals surface area contributed by atoms with Crippen molar-refractivity contribution in [1.82, 2.24) is 10.6 Å². The van der Waals surface area contributed by atoms with Crippen molar-refractivity contribution in [2.45, 2.75) is 38.3 Å². The number of morpholine rings is 1. The first-order valence-corrected chi connectivity index (χ1v) is 9.38. The van der Waals surface area contributed by atoms with E-state index in [0.717, 1.165) is 24.5 Å². The van der Waals surface area contributed by atoms with E-state index in [0.29, 0.717) is 19.8 Å². The summed E-state index contributed by atoms with van der Waals surface area (Å²) < 4.78 is 5.29. The first kappa shape index (κ1) is 18.7. The number of anilines is 2. The summed E-state index contributed by atoms with van der Waals surface area (Å²) in [4.78, 5) is 26.8. The van der Waals surface area contributed by atoms with E-state index in [1.165, 1.54) is 12.8 Å². The topological polar surface area (TPSA) is 82.7 Å². The molecule has 0 bridgehead atoms. The monoisotopic (exact) mass is 360 g/mol. The summed E-state index contributed by atoms with van der Waals surface area (Å²) >= 11 is 0. The van der Waals surface area contributed by atoms with Crippen LogP contribution in [0.25, 0.3) is 0 Å². The standard InChI is InChI=1S/C19H28N4O3/c1-14(21-19(25)17-13-26-10-7-20-17)11-18(24)22-15-5-4-6-16(12-15)23-8-2-3-9-23/h4-6,12,14,17,20H,2-3,7-11,13H2,1H3,(H,21,25)(H,22,24). The van der Waals surface area contributed by atoms with E-state index < -0.39 is 0 Å². The molecule has 2 atom stereocenters. The van der Waals surface area contributed by atoms with Crippen LogP contribution in [-0.2, 0) is 14.3 Å². The summed E-state index contributed by atoms with van der Waals surface area (Å²) in [5.74, 6) is -0.231. The normalized spacial score (nSPS) is 21.3. The maximum absolute atomic E-state index is 12.3. The van der Waals surface area contributed by atoms with E-state index >= 15 is 0 Å². The molecular weight excluding hydrogens is 332 g/mol. The Morgan fingerprint density at radius 1 is 1.35 bits per heavy atom. The molecule has 0 radical (unpaired) electrons. The lowest BCUT2D eigenvalue weighted by atomic mass is 10.2. The molecule has 0 saturated carbocycles. The predicted molar refractivity (Wildman–Crippen MR) is 101 cm³/mol. The highest BCUT2D eigenvalue weighted by molar-refractivity contribution is 5.92. The third-order valence-electron chi connectivity index (χ3n) is 4.72. The van der Waals surface area contributed by atoms with Gasteiger partial charge in [-0.3, -0.25) is 9.59 Å². The fourth-order valence-electron chi connectivity index (χ4n) is 3.37. The number of ether oxygens (including phenoxy) is 1. The Kier molecular flexibility index (Phi) is 6.46. The molecule has 2 unspecified atom stereocenters. The Bertz CT molecular complexity index is 625. The lowest BCUT2D eigenvalue weighted by molar-refractivity contribution is -0.126. The van der Waals surface area contributed by atoms with Gasteiger partial charge in [-0.15, -0.1) is 0 Å². The zero-order chi connectivity index (χ0) is 18.4. The summed E-state index contributed by atoms with van der Waals surface area (Å²) in [6.45, 7) is 5.63. The molecule has 2 aliphatic heterocycles. The Labute approximate surface area is 154 Å². The molecule has 0 aliphatic carbocycles. The van der Waals surface area contributed by atoms with E-state index in [9.17, 15) is 9.59 Å². The van der Waals surface area contributed by atoms with Crippen LogP contribution in [0.5, 0.6) is 0 Å². The highest BCUT2D eigenvalue weighted by Gasteiger charge is 2.23. The van der Waals surface area contributed by atoms with Crippen molar-refractivity contribution in [3.05, 3.63) is 24.3 Å². The molecule has 2 amide bonds. The third kappa shape index (κ3) is 5.19. The molecule has 7 nitrogen and oxygen atoms in total. The van der Waals surface area contributed by atoms with Crippen molar-refractivity contribution in [2.24, 2.45) is 0 Å². The van der Waals surface area contributed by atoms with Crippen LogP contribution in [0, 0.1) is 0 Å². The molecule has 7 heteroatoms. The number of carbonyl (C=O) groups excluding carboxylic acids is 2. The van der Waals surface area contributed by atoms with Gasteiger partial charge in [0.05, 0.1) is 13.2 Å². The fourth-order valence-corrected chi connectivity index (χ4v) is 3.37. The van der Waals surface area contributed by atoms with Crippen LogP contribution < -0.4 is 20.9 Å². The van der Waals surface area contributed by atoms with Crippen LogP contribution in [-0.4, -0.2) is 56.7 Å². The second kappa shape index (κ2) is 9.00. The first-order chi connectivity index (χ1) is 12.6. The summed E-state index contributed by atoms with van der Waals surface area (Å²) in [6, 6.07) is 7.35. The molecule has 2 aliphatic rings. The maximum Gasteiger partial charge on any atom is 0.239 e. The van der Waals surface area contributed by atoms with Crippen LogP contribution in [0.3, 0.4) is 0 Å². The van der Waals surface area contributed by atoms with E-state index in [1.54, 1.807) is 0 Å². The Balaban J connectivity index is 1.47. The van der Waals surface area contributed by atoms with Crippen molar-refractivity contribution < 1.29 is 14.3 Å². The molecule has 1 aromatic rings. The van der Waals surface area contributed by atoms with Gasteiger partial charge in [0.15, 0.2) is 0 Å². The fraction of sp³-hybridized carbons (Fsp3) is 0.579. The molecule has 2 fully saturated rings. The number of nitrogens with one attached hydrogen (secondary N) is 3. The van der Waals surface area contributed by atoms with Gasteiger partial charge in [0.25, 0.3) is 0 Å². The van der Waals surface area contributed by atoms with Crippen LogP contribution in [0.2, 0.25) is 0 Å². The van der Waals surface area contributed by atoms with Crippen LogP contribution >= 0.6 is 0 Å².